The zero-order valence-corrected chi connectivity index (χ0v) is 14.1. The number of anilines is 1. The van der Waals surface area contributed by atoms with Crippen LogP contribution in [0.4, 0.5) is 5.69 Å². The van der Waals surface area contributed by atoms with Crippen LogP contribution in [-0.4, -0.2) is 5.91 Å². The molecule has 0 aliphatic carbocycles. The SMILES string of the molecule is O=C1Nc2c(oc3ccccc23)C(c2ccccc2)C1c1ccccc1. The normalized spacial score (nSPS) is 19.2. The van der Waals surface area contributed by atoms with Gasteiger partial charge in [0.1, 0.15) is 11.3 Å². The smallest absolute Gasteiger partial charge is 0.233 e. The highest BCUT2D eigenvalue weighted by Crippen LogP contribution is 2.48. The van der Waals surface area contributed by atoms with E-state index in [1.165, 1.54) is 0 Å². The summed E-state index contributed by atoms with van der Waals surface area (Å²) in [5, 5.41) is 4.05. The molecule has 126 valence electrons. The van der Waals surface area contributed by atoms with Gasteiger partial charge in [-0.05, 0) is 23.3 Å². The standard InChI is InChI=1S/C23H17NO2/c25-23-20(16-11-5-2-6-12-16)19(15-9-3-1-4-10-15)22-21(24-23)17-13-7-8-14-18(17)26-22/h1-14,19-20H,(H,24,25). The van der Waals surface area contributed by atoms with Gasteiger partial charge in [-0.2, -0.15) is 0 Å². The van der Waals surface area contributed by atoms with Crippen molar-refractivity contribution in [2.24, 2.45) is 0 Å². The summed E-state index contributed by atoms with van der Waals surface area (Å²) in [4.78, 5) is 13.1. The Hall–Kier alpha value is -3.33. The first kappa shape index (κ1) is 15.0. The molecular weight excluding hydrogens is 322 g/mol. The molecule has 3 heteroatoms. The molecule has 0 radical (unpaired) electrons. The number of carbonyl (C=O) groups excluding carboxylic acids is 1. The number of carbonyl (C=O) groups is 1. The van der Waals surface area contributed by atoms with Crippen LogP contribution in [0.3, 0.4) is 0 Å². The van der Waals surface area contributed by atoms with Crippen molar-refractivity contribution in [1.29, 1.82) is 0 Å². The number of hydrogen-bond acceptors (Lipinski definition) is 2. The zero-order valence-electron chi connectivity index (χ0n) is 14.1. The van der Waals surface area contributed by atoms with Gasteiger partial charge in [-0.3, -0.25) is 4.79 Å². The first-order chi connectivity index (χ1) is 12.8. The van der Waals surface area contributed by atoms with E-state index in [0.717, 1.165) is 33.5 Å². The van der Waals surface area contributed by atoms with Gasteiger partial charge in [0.2, 0.25) is 5.91 Å². The molecule has 3 aromatic carbocycles. The average Bonchev–Trinajstić information content (AvgIpc) is 3.06. The molecule has 2 heterocycles. The Bertz CT molecular complexity index is 1080. The summed E-state index contributed by atoms with van der Waals surface area (Å²) in [5.41, 5.74) is 3.67. The lowest BCUT2D eigenvalue weighted by atomic mass is 9.77. The second-order valence-corrected chi connectivity index (χ2v) is 6.60. The first-order valence-electron chi connectivity index (χ1n) is 8.75. The molecular formula is C23H17NO2. The van der Waals surface area contributed by atoms with Crippen LogP contribution in [-0.2, 0) is 4.79 Å². The van der Waals surface area contributed by atoms with Crippen LogP contribution in [0.25, 0.3) is 11.0 Å². The van der Waals surface area contributed by atoms with E-state index in [9.17, 15) is 4.79 Å². The van der Waals surface area contributed by atoms with E-state index in [1.54, 1.807) is 0 Å². The van der Waals surface area contributed by atoms with Crippen molar-refractivity contribution in [3.8, 4) is 0 Å². The highest BCUT2D eigenvalue weighted by atomic mass is 16.3. The number of nitrogens with one attached hydrogen (secondary N) is 1. The third-order valence-electron chi connectivity index (χ3n) is 5.09. The fraction of sp³-hybridized carbons (Fsp3) is 0.0870. The number of amides is 1. The van der Waals surface area contributed by atoms with E-state index in [2.05, 4.69) is 17.4 Å². The summed E-state index contributed by atoms with van der Waals surface area (Å²) < 4.78 is 6.24. The van der Waals surface area contributed by atoms with Crippen LogP contribution in [0.5, 0.6) is 0 Å². The predicted octanol–water partition coefficient (Wildman–Crippen LogP) is 5.30. The largest absolute Gasteiger partial charge is 0.458 e. The fourth-order valence-corrected chi connectivity index (χ4v) is 3.92. The number of rotatable bonds is 2. The molecule has 5 rings (SSSR count). The molecule has 1 N–H and O–H groups in total. The molecule has 0 bridgehead atoms. The number of para-hydroxylation sites is 1. The predicted molar refractivity (Wildman–Crippen MR) is 102 cm³/mol. The second-order valence-electron chi connectivity index (χ2n) is 6.60. The molecule has 3 nitrogen and oxygen atoms in total. The minimum atomic E-state index is -0.327. The summed E-state index contributed by atoms with van der Waals surface area (Å²) in [5.74, 6) is 0.344. The minimum Gasteiger partial charge on any atom is -0.458 e. The van der Waals surface area contributed by atoms with Crippen molar-refractivity contribution in [3.63, 3.8) is 0 Å². The van der Waals surface area contributed by atoms with Crippen LogP contribution in [0.2, 0.25) is 0 Å². The molecule has 1 aliphatic rings. The molecule has 0 saturated carbocycles. The Morgan fingerprint density at radius 3 is 1.96 bits per heavy atom. The van der Waals surface area contributed by atoms with Gasteiger partial charge in [-0.1, -0.05) is 72.8 Å². The number of hydrogen-bond donors (Lipinski definition) is 1. The number of fused-ring (bicyclic) bond motifs is 3. The topological polar surface area (TPSA) is 42.2 Å². The summed E-state index contributed by atoms with van der Waals surface area (Å²) in [7, 11) is 0. The van der Waals surface area contributed by atoms with Gasteiger partial charge in [-0.25, -0.2) is 0 Å². The maximum Gasteiger partial charge on any atom is 0.233 e. The van der Waals surface area contributed by atoms with E-state index in [-0.39, 0.29) is 17.7 Å². The molecule has 2 atom stereocenters. The van der Waals surface area contributed by atoms with Crippen molar-refractivity contribution in [2.75, 3.05) is 5.32 Å². The van der Waals surface area contributed by atoms with E-state index in [0.29, 0.717) is 0 Å². The third-order valence-corrected chi connectivity index (χ3v) is 5.09. The Labute approximate surface area is 151 Å². The zero-order chi connectivity index (χ0) is 17.5. The van der Waals surface area contributed by atoms with Crippen molar-refractivity contribution in [1.82, 2.24) is 0 Å². The summed E-state index contributed by atoms with van der Waals surface area (Å²) in [6.45, 7) is 0. The Kier molecular flexibility index (Phi) is 3.39. The molecule has 0 saturated heterocycles. The average molecular weight is 339 g/mol. The van der Waals surface area contributed by atoms with E-state index in [4.69, 9.17) is 4.42 Å². The maximum atomic E-state index is 13.1. The van der Waals surface area contributed by atoms with Gasteiger partial charge in [-0.15, -0.1) is 0 Å². The van der Waals surface area contributed by atoms with Crippen molar-refractivity contribution >= 4 is 22.6 Å². The monoisotopic (exact) mass is 339 g/mol. The van der Waals surface area contributed by atoms with Crippen molar-refractivity contribution < 1.29 is 9.21 Å². The van der Waals surface area contributed by atoms with Crippen LogP contribution in [0.1, 0.15) is 28.7 Å². The molecule has 1 aliphatic heterocycles. The van der Waals surface area contributed by atoms with Gasteiger partial charge < -0.3 is 9.73 Å². The highest BCUT2D eigenvalue weighted by Gasteiger charge is 2.41. The van der Waals surface area contributed by atoms with Gasteiger partial charge >= 0.3 is 0 Å². The molecule has 26 heavy (non-hydrogen) atoms. The van der Waals surface area contributed by atoms with Gasteiger partial charge in [0.25, 0.3) is 0 Å². The van der Waals surface area contributed by atoms with Gasteiger partial charge in [0.15, 0.2) is 0 Å². The van der Waals surface area contributed by atoms with Crippen LogP contribution in [0.15, 0.2) is 89.3 Å². The van der Waals surface area contributed by atoms with Gasteiger partial charge in [0.05, 0.1) is 17.5 Å². The quantitative estimate of drug-likeness (QED) is 0.538. The van der Waals surface area contributed by atoms with Crippen LogP contribution in [0, 0.1) is 0 Å². The summed E-state index contributed by atoms with van der Waals surface area (Å²) in [6, 6.07) is 27.9. The third kappa shape index (κ3) is 2.25. The molecule has 0 fully saturated rings. The lowest BCUT2D eigenvalue weighted by Crippen LogP contribution is -2.31. The number of benzene rings is 3. The molecule has 4 aromatic rings. The fourth-order valence-electron chi connectivity index (χ4n) is 3.92. The summed E-state index contributed by atoms with van der Waals surface area (Å²) >= 11 is 0. The van der Waals surface area contributed by atoms with Crippen LogP contribution >= 0.6 is 0 Å². The van der Waals surface area contributed by atoms with E-state index in [1.807, 2.05) is 72.8 Å². The molecule has 1 amide bonds. The molecule has 2 unspecified atom stereocenters. The lowest BCUT2D eigenvalue weighted by Gasteiger charge is -2.30. The minimum absolute atomic E-state index is 0.00380. The summed E-state index contributed by atoms with van der Waals surface area (Å²) in [6.07, 6.45) is 0. The Morgan fingerprint density at radius 2 is 1.27 bits per heavy atom. The van der Waals surface area contributed by atoms with Crippen molar-refractivity contribution in [2.45, 2.75) is 11.8 Å². The molecule has 0 spiro atoms. The lowest BCUT2D eigenvalue weighted by molar-refractivity contribution is -0.118. The van der Waals surface area contributed by atoms with Crippen LogP contribution < -0.4 is 5.32 Å². The second kappa shape index (κ2) is 5.88. The van der Waals surface area contributed by atoms with E-state index < -0.39 is 0 Å². The maximum absolute atomic E-state index is 13.1. The first-order valence-corrected chi connectivity index (χ1v) is 8.75. The van der Waals surface area contributed by atoms with Gasteiger partial charge in [0, 0.05) is 5.39 Å². The van der Waals surface area contributed by atoms with E-state index >= 15 is 0 Å². The highest BCUT2D eigenvalue weighted by molar-refractivity contribution is 6.07. The molecule has 1 aromatic heterocycles. The Morgan fingerprint density at radius 1 is 0.692 bits per heavy atom. The number of furan rings is 1. The van der Waals surface area contributed by atoms with Crippen molar-refractivity contribution in [3.05, 3.63) is 102 Å². The Balaban J connectivity index is 1.78.